The van der Waals surface area contributed by atoms with Crippen LogP contribution in [0.1, 0.15) is 10.8 Å². The molecular formula is C12H11NO3S. The summed E-state index contributed by atoms with van der Waals surface area (Å²) in [5, 5.41) is 10.9. The third kappa shape index (κ3) is 1.29. The number of aldehydes is 1. The van der Waals surface area contributed by atoms with Gasteiger partial charge in [-0.2, -0.15) is 11.8 Å². The van der Waals surface area contributed by atoms with Gasteiger partial charge in [0.2, 0.25) is 6.04 Å². The first-order valence-electron chi connectivity index (χ1n) is 5.48. The summed E-state index contributed by atoms with van der Waals surface area (Å²) >= 11 is 1.66. The molecule has 4 atom stereocenters. The van der Waals surface area contributed by atoms with E-state index < -0.39 is 11.5 Å². The highest BCUT2D eigenvalue weighted by Crippen LogP contribution is 2.71. The number of carbonyl (C=O) groups excluding carboxylic acids is 1. The number of thioether (sulfide) groups is 1. The molecule has 3 rings (SSSR count). The van der Waals surface area contributed by atoms with Crippen LogP contribution in [0.15, 0.2) is 30.3 Å². The summed E-state index contributed by atoms with van der Waals surface area (Å²) in [4.78, 5) is 22.0. The van der Waals surface area contributed by atoms with Crippen LogP contribution >= 0.6 is 11.8 Å². The minimum Gasteiger partial charge on any atom is -0.302 e. The lowest BCUT2D eigenvalue weighted by atomic mass is 9.95. The largest absolute Gasteiger partial charge is 0.302 e. The zero-order chi connectivity index (χ0) is 12.0. The van der Waals surface area contributed by atoms with E-state index in [1.807, 2.05) is 30.3 Å². The molecule has 1 aliphatic carbocycles. The molecule has 2 aliphatic rings. The van der Waals surface area contributed by atoms with Gasteiger partial charge in [0.05, 0.1) is 5.92 Å². The first-order chi connectivity index (χ1) is 8.21. The minimum atomic E-state index is -0.754. The van der Waals surface area contributed by atoms with Gasteiger partial charge in [-0.15, -0.1) is 0 Å². The van der Waals surface area contributed by atoms with Crippen molar-refractivity contribution < 1.29 is 9.72 Å². The van der Waals surface area contributed by atoms with Gasteiger partial charge < -0.3 is 4.79 Å². The van der Waals surface area contributed by atoms with Gasteiger partial charge in [-0.1, -0.05) is 30.3 Å². The van der Waals surface area contributed by atoms with Crippen LogP contribution in [0.5, 0.6) is 0 Å². The molecule has 5 heteroatoms. The van der Waals surface area contributed by atoms with Gasteiger partial charge in [0.1, 0.15) is 11.7 Å². The Kier molecular flexibility index (Phi) is 2.26. The monoisotopic (exact) mass is 249 g/mol. The van der Waals surface area contributed by atoms with Gasteiger partial charge in [-0.25, -0.2) is 0 Å². The predicted molar refractivity (Wildman–Crippen MR) is 64.4 cm³/mol. The summed E-state index contributed by atoms with van der Waals surface area (Å²) in [7, 11) is 0. The van der Waals surface area contributed by atoms with E-state index in [9.17, 15) is 14.9 Å². The number of hydrogen-bond donors (Lipinski definition) is 0. The van der Waals surface area contributed by atoms with Crippen molar-refractivity contribution in [2.75, 3.05) is 5.75 Å². The zero-order valence-electron chi connectivity index (χ0n) is 8.98. The molecule has 1 saturated heterocycles. The number of nitrogens with zero attached hydrogens (tertiary/aromatic N) is 1. The van der Waals surface area contributed by atoms with Crippen LogP contribution in [0.3, 0.4) is 0 Å². The summed E-state index contributed by atoms with van der Waals surface area (Å²) in [5.74, 6) is 0.634. The van der Waals surface area contributed by atoms with Gasteiger partial charge >= 0.3 is 0 Å². The summed E-state index contributed by atoms with van der Waals surface area (Å²) < 4.78 is 0. The smallest absolute Gasteiger partial charge is 0.232 e. The van der Waals surface area contributed by atoms with Crippen molar-refractivity contribution in [3.63, 3.8) is 0 Å². The van der Waals surface area contributed by atoms with E-state index >= 15 is 0 Å². The fourth-order valence-corrected chi connectivity index (χ4v) is 4.85. The Bertz CT molecular complexity index is 478. The van der Waals surface area contributed by atoms with Crippen molar-refractivity contribution in [1.82, 2.24) is 0 Å². The Labute approximate surface area is 103 Å². The molecule has 1 aliphatic heterocycles. The molecule has 1 heterocycles. The Morgan fingerprint density at radius 2 is 2.12 bits per heavy atom. The molecule has 88 valence electrons. The van der Waals surface area contributed by atoms with E-state index in [0.29, 0.717) is 5.75 Å². The van der Waals surface area contributed by atoms with E-state index in [4.69, 9.17) is 0 Å². The topological polar surface area (TPSA) is 60.2 Å². The summed E-state index contributed by atoms with van der Waals surface area (Å²) in [6.07, 6.45) is 0.822. The molecule has 1 saturated carbocycles. The highest BCUT2D eigenvalue weighted by Gasteiger charge is 2.80. The van der Waals surface area contributed by atoms with Gasteiger partial charge in [0.15, 0.2) is 0 Å². The Morgan fingerprint density at radius 3 is 2.65 bits per heavy atom. The van der Waals surface area contributed by atoms with Crippen molar-refractivity contribution >= 4 is 18.0 Å². The van der Waals surface area contributed by atoms with E-state index in [1.165, 1.54) is 0 Å². The molecule has 0 N–H and O–H groups in total. The fraction of sp³-hybridized carbons (Fsp3) is 0.417. The Hall–Kier alpha value is -1.36. The van der Waals surface area contributed by atoms with Crippen LogP contribution in [0.2, 0.25) is 0 Å². The van der Waals surface area contributed by atoms with Crippen molar-refractivity contribution in [3.05, 3.63) is 46.0 Å². The maximum absolute atomic E-state index is 11.4. The van der Waals surface area contributed by atoms with Crippen molar-refractivity contribution in [2.45, 2.75) is 11.3 Å². The Morgan fingerprint density at radius 1 is 1.41 bits per heavy atom. The quantitative estimate of drug-likeness (QED) is 0.466. The second kappa shape index (κ2) is 3.57. The molecule has 2 fully saturated rings. The van der Waals surface area contributed by atoms with Gasteiger partial charge in [-0.3, -0.25) is 10.1 Å². The summed E-state index contributed by atoms with van der Waals surface area (Å²) in [5.41, 5.74) is 0.270. The van der Waals surface area contributed by atoms with E-state index in [1.54, 1.807) is 11.8 Å². The number of carbonyl (C=O) groups is 1. The molecule has 0 spiro atoms. The van der Waals surface area contributed by atoms with Crippen LogP contribution in [0.25, 0.3) is 0 Å². The predicted octanol–water partition coefficient (Wildman–Crippen LogP) is 1.93. The van der Waals surface area contributed by atoms with Crippen LogP contribution in [0, 0.1) is 21.4 Å². The number of hydrogen-bond acceptors (Lipinski definition) is 4. The van der Waals surface area contributed by atoms with Gasteiger partial charge in [0, 0.05) is 15.9 Å². The summed E-state index contributed by atoms with van der Waals surface area (Å²) in [6.45, 7) is 0. The second-order valence-corrected chi connectivity index (χ2v) is 5.72. The number of fused-ring (bicyclic) bond motifs is 1. The lowest BCUT2D eigenvalue weighted by molar-refractivity contribution is -0.503. The second-order valence-electron chi connectivity index (χ2n) is 4.58. The number of nitro groups is 1. The molecule has 0 aromatic heterocycles. The third-order valence-electron chi connectivity index (χ3n) is 3.86. The third-order valence-corrected chi connectivity index (χ3v) is 5.42. The number of rotatable bonds is 3. The first-order valence-corrected chi connectivity index (χ1v) is 6.53. The van der Waals surface area contributed by atoms with Crippen LogP contribution in [-0.2, 0) is 4.79 Å². The van der Waals surface area contributed by atoms with Crippen molar-refractivity contribution in [2.24, 2.45) is 11.3 Å². The molecule has 0 bridgehead atoms. The molecule has 1 aromatic carbocycles. The van der Waals surface area contributed by atoms with Gasteiger partial charge in [-0.05, 0) is 5.56 Å². The van der Waals surface area contributed by atoms with E-state index in [-0.39, 0.29) is 16.1 Å². The average Bonchev–Trinajstić information content (AvgIpc) is 2.87. The molecular weight excluding hydrogens is 238 g/mol. The van der Waals surface area contributed by atoms with Crippen LogP contribution in [0.4, 0.5) is 0 Å². The molecule has 0 unspecified atom stereocenters. The van der Waals surface area contributed by atoms with E-state index in [0.717, 1.165) is 11.8 Å². The lowest BCUT2D eigenvalue weighted by Crippen LogP contribution is -2.21. The molecule has 4 nitrogen and oxygen atoms in total. The maximum Gasteiger partial charge on any atom is 0.232 e. The fourth-order valence-electron chi connectivity index (χ4n) is 2.97. The first kappa shape index (κ1) is 10.8. The SMILES string of the molecule is O=C[C@@]12[C@@H]([N+](=O)[O-])[C@@H]1CS[C@H]2c1ccccc1. The molecule has 17 heavy (non-hydrogen) atoms. The van der Waals surface area contributed by atoms with E-state index in [2.05, 4.69) is 0 Å². The minimum absolute atomic E-state index is 0.0541. The summed E-state index contributed by atoms with van der Waals surface area (Å²) in [6, 6.07) is 8.94. The molecule has 0 amide bonds. The number of benzene rings is 1. The average molecular weight is 249 g/mol. The molecule has 0 radical (unpaired) electrons. The normalized spacial score (nSPS) is 38.5. The Balaban J connectivity index is 1.98. The molecule has 1 aromatic rings. The van der Waals surface area contributed by atoms with Gasteiger partial charge in [0.25, 0.3) is 0 Å². The highest BCUT2D eigenvalue weighted by atomic mass is 32.2. The van der Waals surface area contributed by atoms with Crippen LogP contribution < -0.4 is 0 Å². The maximum atomic E-state index is 11.4. The standard InChI is InChI=1S/C12H11NO3S/c14-7-12-9(10(12)13(15)16)6-17-11(12)8-4-2-1-3-5-8/h1-5,7,9-11H,6H2/t9-,10-,11-,12-/m0/s1. The zero-order valence-corrected chi connectivity index (χ0v) is 9.80. The van der Waals surface area contributed by atoms with Crippen LogP contribution in [-0.4, -0.2) is 23.0 Å². The van der Waals surface area contributed by atoms with Crippen molar-refractivity contribution in [3.8, 4) is 0 Å². The lowest BCUT2D eigenvalue weighted by Gasteiger charge is -2.17. The van der Waals surface area contributed by atoms with Crippen molar-refractivity contribution in [1.29, 1.82) is 0 Å². The highest BCUT2D eigenvalue weighted by molar-refractivity contribution is 8.00.